The smallest absolute Gasteiger partial charge is 0.230 e. The second-order valence-electron chi connectivity index (χ2n) is 14.5. The van der Waals surface area contributed by atoms with Crippen LogP contribution < -0.4 is 19.3 Å². The maximum absolute atomic E-state index is 6.72. The van der Waals surface area contributed by atoms with E-state index in [-0.39, 0.29) is 6.79 Å². The zero-order valence-corrected chi connectivity index (χ0v) is 32.9. The van der Waals surface area contributed by atoms with Gasteiger partial charge in [0.1, 0.15) is 11.5 Å². The normalized spacial score (nSPS) is 10.9. The molecule has 8 rings (SSSR count). The van der Waals surface area contributed by atoms with Crippen LogP contribution in [0.4, 0.5) is 34.1 Å². The van der Waals surface area contributed by atoms with Gasteiger partial charge in [-0.3, -0.25) is 0 Å². The molecule has 0 bridgehead atoms. The van der Waals surface area contributed by atoms with Crippen molar-refractivity contribution >= 4 is 34.1 Å². The highest BCUT2D eigenvalue weighted by Crippen LogP contribution is 2.42. The second kappa shape index (κ2) is 16.8. The predicted octanol–water partition coefficient (Wildman–Crippen LogP) is 14.6. The number of hydrogen-bond acceptors (Lipinski definition) is 4. The first-order valence-corrected chi connectivity index (χ1v) is 19.4. The molecule has 0 N–H and O–H groups in total. The Balaban J connectivity index is 1.18. The SMILES string of the molecule is Cc1ccc(N(c2ccc(C)cc2)c2ccc(-c3ccccc3)c(OCOc3cc(N(c4ccc(C)cc4)c4ccc(C)cc4)ccc3-c3ccccc3)c2)cc1. The van der Waals surface area contributed by atoms with Gasteiger partial charge in [-0.1, -0.05) is 131 Å². The molecule has 0 atom stereocenters. The van der Waals surface area contributed by atoms with Crippen LogP contribution in [-0.2, 0) is 0 Å². The van der Waals surface area contributed by atoms with Crippen LogP contribution in [0, 0.1) is 27.7 Å². The van der Waals surface area contributed by atoms with E-state index in [4.69, 9.17) is 9.47 Å². The Hall–Kier alpha value is -7.04. The Morgan fingerprint density at radius 1 is 0.316 bits per heavy atom. The molecular weight excluding hydrogens is 697 g/mol. The fourth-order valence-electron chi connectivity index (χ4n) is 7.08. The van der Waals surface area contributed by atoms with Gasteiger partial charge in [0.25, 0.3) is 0 Å². The van der Waals surface area contributed by atoms with Crippen LogP contribution in [0.15, 0.2) is 194 Å². The van der Waals surface area contributed by atoms with Gasteiger partial charge in [0.2, 0.25) is 6.79 Å². The largest absolute Gasteiger partial charge is 0.457 e. The molecule has 8 aromatic carbocycles. The average Bonchev–Trinajstić information content (AvgIpc) is 3.25. The van der Waals surface area contributed by atoms with Gasteiger partial charge in [0.15, 0.2) is 0 Å². The lowest BCUT2D eigenvalue weighted by Gasteiger charge is -2.27. The van der Waals surface area contributed by atoms with Crippen molar-refractivity contribution in [2.45, 2.75) is 27.7 Å². The highest BCUT2D eigenvalue weighted by Gasteiger charge is 2.19. The van der Waals surface area contributed by atoms with Crippen molar-refractivity contribution in [1.82, 2.24) is 0 Å². The van der Waals surface area contributed by atoms with Gasteiger partial charge in [-0.2, -0.15) is 0 Å². The third kappa shape index (κ3) is 8.46. The average molecular weight is 743 g/mol. The maximum Gasteiger partial charge on any atom is 0.230 e. The van der Waals surface area contributed by atoms with Crippen LogP contribution in [-0.4, -0.2) is 6.79 Å². The molecule has 0 aliphatic heterocycles. The molecule has 4 heteroatoms. The Bertz CT molecular complexity index is 2280. The minimum Gasteiger partial charge on any atom is -0.457 e. The molecule has 0 saturated heterocycles. The van der Waals surface area contributed by atoms with Crippen LogP contribution in [0.25, 0.3) is 22.3 Å². The molecule has 4 nitrogen and oxygen atoms in total. The number of rotatable bonds is 12. The van der Waals surface area contributed by atoms with Gasteiger partial charge in [-0.25, -0.2) is 0 Å². The molecule has 0 amide bonds. The van der Waals surface area contributed by atoms with E-state index in [0.717, 1.165) is 67.9 Å². The van der Waals surface area contributed by atoms with Gasteiger partial charge in [-0.05, 0) is 112 Å². The van der Waals surface area contributed by atoms with Crippen LogP contribution in [0.2, 0.25) is 0 Å². The fraction of sp³-hybridized carbons (Fsp3) is 0.0943. The molecule has 0 unspecified atom stereocenters. The Labute approximate surface area is 336 Å². The van der Waals surface area contributed by atoms with E-state index < -0.39 is 0 Å². The summed E-state index contributed by atoms with van der Waals surface area (Å²) in [7, 11) is 0. The van der Waals surface area contributed by atoms with Gasteiger partial charge < -0.3 is 19.3 Å². The Morgan fingerprint density at radius 2 is 0.596 bits per heavy atom. The standard InChI is InChI=1S/C53H46N2O2/c1-38-15-23-44(24-16-38)54(45-25-17-39(2)18-26-45)48-31-33-50(42-11-7-5-8-12-42)52(35-48)56-37-57-53-36-49(32-34-51(53)43-13-9-6-10-14-43)55(46-27-19-40(3)20-28-46)47-29-21-41(4)22-30-47/h5-36H,37H2,1-4H3. The number of aryl methyl sites for hydroxylation is 4. The topological polar surface area (TPSA) is 24.9 Å². The monoisotopic (exact) mass is 742 g/mol. The van der Waals surface area contributed by atoms with Crippen molar-refractivity contribution in [3.63, 3.8) is 0 Å². The summed E-state index contributed by atoms with van der Waals surface area (Å²) in [5, 5.41) is 0. The van der Waals surface area contributed by atoms with Crippen molar-refractivity contribution in [2.24, 2.45) is 0 Å². The predicted molar refractivity (Wildman–Crippen MR) is 238 cm³/mol. The van der Waals surface area contributed by atoms with Crippen LogP contribution in [0.1, 0.15) is 22.3 Å². The number of ether oxygens (including phenoxy) is 2. The summed E-state index contributed by atoms with van der Waals surface area (Å²) < 4.78 is 13.4. The third-order valence-electron chi connectivity index (χ3n) is 10.2. The van der Waals surface area contributed by atoms with Crippen molar-refractivity contribution in [2.75, 3.05) is 16.6 Å². The van der Waals surface area contributed by atoms with Crippen LogP contribution >= 0.6 is 0 Å². The summed E-state index contributed by atoms with van der Waals surface area (Å²) in [4.78, 5) is 4.53. The van der Waals surface area contributed by atoms with Crippen molar-refractivity contribution in [1.29, 1.82) is 0 Å². The van der Waals surface area contributed by atoms with Crippen molar-refractivity contribution in [3.8, 4) is 33.8 Å². The molecule has 0 radical (unpaired) electrons. The molecular formula is C53H46N2O2. The summed E-state index contributed by atoms with van der Waals surface area (Å²) >= 11 is 0. The first kappa shape index (κ1) is 36.9. The molecule has 0 aromatic heterocycles. The number of hydrogen-bond donors (Lipinski definition) is 0. The van der Waals surface area contributed by atoms with E-state index in [1.807, 2.05) is 12.1 Å². The fourth-order valence-corrected chi connectivity index (χ4v) is 7.08. The first-order valence-electron chi connectivity index (χ1n) is 19.4. The van der Waals surface area contributed by atoms with Crippen LogP contribution in [0.3, 0.4) is 0 Å². The summed E-state index contributed by atoms with van der Waals surface area (Å²) in [5.41, 5.74) is 15.2. The lowest BCUT2D eigenvalue weighted by Crippen LogP contribution is -2.12. The summed E-state index contributed by atoms with van der Waals surface area (Å²) in [6, 6.07) is 68.1. The van der Waals surface area contributed by atoms with Gasteiger partial charge in [0, 0.05) is 57.4 Å². The zero-order valence-electron chi connectivity index (χ0n) is 32.9. The summed E-state index contributed by atoms with van der Waals surface area (Å²) in [6.07, 6.45) is 0. The minimum atomic E-state index is -0.00327. The Morgan fingerprint density at radius 3 is 0.895 bits per heavy atom. The number of nitrogens with zero attached hydrogens (tertiary/aromatic N) is 2. The molecule has 57 heavy (non-hydrogen) atoms. The molecule has 280 valence electrons. The quantitative estimate of drug-likeness (QED) is 0.116. The molecule has 0 saturated carbocycles. The van der Waals surface area contributed by atoms with E-state index in [1.165, 1.54) is 22.3 Å². The van der Waals surface area contributed by atoms with Crippen molar-refractivity contribution in [3.05, 3.63) is 216 Å². The molecule has 0 heterocycles. The number of benzene rings is 8. The first-order chi connectivity index (χ1) is 27.9. The van der Waals surface area contributed by atoms with E-state index in [1.54, 1.807) is 0 Å². The van der Waals surface area contributed by atoms with E-state index in [0.29, 0.717) is 0 Å². The van der Waals surface area contributed by atoms with E-state index in [2.05, 4.69) is 219 Å². The summed E-state index contributed by atoms with van der Waals surface area (Å²) in [6.45, 7) is 8.45. The Kier molecular flexibility index (Phi) is 10.9. The van der Waals surface area contributed by atoms with Crippen molar-refractivity contribution < 1.29 is 9.47 Å². The molecule has 0 spiro atoms. The van der Waals surface area contributed by atoms with Gasteiger partial charge in [0.05, 0.1) is 0 Å². The van der Waals surface area contributed by atoms with Gasteiger partial charge in [-0.15, -0.1) is 0 Å². The molecule has 0 aliphatic carbocycles. The van der Waals surface area contributed by atoms with Crippen LogP contribution in [0.5, 0.6) is 11.5 Å². The van der Waals surface area contributed by atoms with E-state index >= 15 is 0 Å². The molecule has 8 aromatic rings. The second-order valence-corrected chi connectivity index (χ2v) is 14.5. The molecule has 0 fully saturated rings. The van der Waals surface area contributed by atoms with Gasteiger partial charge >= 0.3 is 0 Å². The minimum absolute atomic E-state index is 0.00327. The summed E-state index contributed by atoms with van der Waals surface area (Å²) in [5.74, 6) is 1.45. The van der Waals surface area contributed by atoms with E-state index in [9.17, 15) is 0 Å². The highest BCUT2D eigenvalue weighted by molar-refractivity contribution is 5.83. The highest BCUT2D eigenvalue weighted by atomic mass is 16.7. The number of anilines is 6. The third-order valence-corrected chi connectivity index (χ3v) is 10.2. The zero-order chi connectivity index (χ0) is 39.1. The lowest BCUT2D eigenvalue weighted by molar-refractivity contribution is 0.121. The lowest BCUT2D eigenvalue weighted by atomic mass is 10.0. The maximum atomic E-state index is 6.72. The molecule has 0 aliphatic rings.